The Morgan fingerprint density at radius 3 is 2.67 bits per heavy atom. The van der Waals surface area contributed by atoms with Gasteiger partial charge in [0.1, 0.15) is 5.69 Å². The van der Waals surface area contributed by atoms with Gasteiger partial charge in [0.15, 0.2) is 5.82 Å². The standard InChI is InChI=1S/C16H10N6OS/c23-15(10-4-5-11-13(9-10)19-8-7-18-11)21-16-20-14(22-24-16)12-3-1-2-6-17-12/h1-9H,(H,20,21,22,23). The first-order valence-corrected chi connectivity index (χ1v) is 7.84. The predicted molar refractivity (Wildman–Crippen MR) is 90.6 cm³/mol. The minimum atomic E-state index is -0.272. The first kappa shape index (κ1) is 14.3. The van der Waals surface area contributed by atoms with Crippen molar-refractivity contribution in [3.8, 4) is 11.5 Å². The number of hydrogen-bond donors (Lipinski definition) is 1. The lowest BCUT2D eigenvalue weighted by Gasteiger charge is -2.02. The van der Waals surface area contributed by atoms with Crippen molar-refractivity contribution >= 4 is 33.6 Å². The van der Waals surface area contributed by atoms with Crippen molar-refractivity contribution in [3.05, 3.63) is 60.6 Å². The van der Waals surface area contributed by atoms with E-state index >= 15 is 0 Å². The SMILES string of the molecule is O=C(Nc1nc(-c2ccccn2)ns1)c1ccc2nccnc2c1. The number of nitrogens with one attached hydrogen (secondary N) is 1. The molecule has 1 aromatic carbocycles. The summed E-state index contributed by atoms with van der Waals surface area (Å²) in [5.41, 5.74) is 2.55. The first-order valence-electron chi connectivity index (χ1n) is 7.07. The van der Waals surface area contributed by atoms with Gasteiger partial charge < -0.3 is 0 Å². The number of pyridine rings is 1. The van der Waals surface area contributed by atoms with Gasteiger partial charge in [-0.05, 0) is 30.3 Å². The lowest BCUT2D eigenvalue weighted by Crippen LogP contribution is -2.11. The van der Waals surface area contributed by atoms with E-state index in [9.17, 15) is 4.79 Å². The fourth-order valence-electron chi connectivity index (χ4n) is 2.15. The quantitative estimate of drug-likeness (QED) is 0.619. The van der Waals surface area contributed by atoms with Gasteiger partial charge in [0, 0.05) is 35.7 Å². The van der Waals surface area contributed by atoms with Crippen molar-refractivity contribution in [1.29, 1.82) is 0 Å². The monoisotopic (exact) mass is 334 g/mol. The number of amides is 1. The molecule has 0 unspecified atom stereocenters. The summed E-state index contributed by atoms with van der Waals surface area (Å²) in [7, 11) is 0. The maximum atomic E-state index is 12.4. The summed E-state index contributed by atoms with van der Waals surface area (Å²) in [6, 6.07) is 10.6. The molecule has 0 spiro atoms. The molecule has 0 aliphatic rings. The van der Waals surface area contributed by atoms with Crippen LogP contribution in [-0.2, 0) is 0 Å². The number of aromatic nitrogens is 5. The number of fused-ring (bicyclic) bond motifs is 1. The van der Waals surface area contributed by atoms with Crippen LogP contribution < -0.4 is 5.32 Å². The van der Waals surface area contributed by atoms with Crippen LogP contribution in [0.15, 0.2) is 55.0 Å². The van der Waals surface area contributed by atoms with Crippen LogP contribution in [0.4, 0.5) is 5.13 Å². The predicted octanol–water partition coefficient (Wildman–Crippen LogP) is 2.80. The van der Waals surface area contributed by atoms with Gasteiger partial charge in [0.25, 0.3) is 5.91 Å². The maximum Gasteiger partial charge on any atom is 0.257 e. The number of benzene rings is 1. The van der Waals surface area contributed by atoms with Crippen molar-refractivity contribution in [2.24, 2.45) is 0 Å². The molecule has 0 saturated carbocycles. The van der Waals surface area contributed by atoms with E-state index in [1.165, 1.54) is 0 Å². The van der Waals surface area contributed by atoms with Crippen molar-refractivity contribution in [2.45, 2.75) is 0 Å². The zero-order valence-electron chi connectivity index (χ0n) is 12.2. The second-order valence-corrected chi connectivity index (χ2v) is 5.60. The van der Waals surface area contributed by atoms with Gasteiger partial charge in [-0.3, -0.25) is 25.1 Å². The highest BCUT2D eigenvalue weighted by atomic mass is 32.1. The number of rotatable bonds is 3. The third-order valence-electron chi connectivity index (χ3n) is 3.27. The molecule has 4 aromatic rings. The molecule has 0 bridgehead atoms. The summed E-state index contributed by atoms with van der Waals surface area (Å²) < 4.78 is 4.21. The Morgan fingerprint density at radius 1 is 0.958 bits per heavy atom. The number of carbonyl (C=O) groups is 1. The number of hydrogen-bond acceptors (Lipinski definition) is 7. The van der Waals surface area contributed by atoms with Gasteiger partial charge in [-0.15, -0.1) is 0 Å². The van der Waals surface area contributed by atoms with Crippen LogP contribution in [0.25, 0.3) is 22.6 Å². The van der Waals surface area contributed by atoms with Crippen molar-refractivity contribution < 1.29 is 4.79 Å². The number of nitrogens with zero attached hydrogens (tertiary/aromatic N) is 5. The highest BCUT2D eigenvalue weighted by Crippen LogP contribution is 2.20. The topological polar surface area (TPSA) is 93.6 Å². The lowest BCUT2D eigenvalue weighted by molar-refractivity contribution is 0.102. The zero-order chi connectivity index (χ0) is 16.4. The molecular weight excluding hydrogens is 324 g/mol. The minimum Gasteiger partial charge on any atom is -0.297 e. The van der Waals surface area contributed by atoms with Crippen LogP contribution in [0.5, 0.6) is 0 Å². The summed E-state index contributed by atoms with van der Waals surface area (Å²) in [5.74, 6) is 0.214. The van der Waals surface area contributed by atoms with E-state index in [1.807, 2.05) is 18.2 Å². The molecule has 0 saturated heterocycles. The van der Waals surface area contributed by atoms with E-state index in [4.69, 9.17) is 0 Å². The van der Waals surface area contributed by atoms with E-state index in [-0.39, 0.29) is 5.91 Å². The van der Waals surface area contributed by atoms with Crippen LogP contribution >= 0.6 is 11.5 Å². The summed E-state index contributed by atoms with van der Waals surface area (Å²) in [6.07, 6.45) is 4.88. The summed E-state index contributed by atoms with van der Waals surface area (Å²) >= 11 is 1.11. The Balaban J connectivity index is 1.56. The van der Waals surface area contributed by atoms with Gasteiger partial charge in [-0.25, -0.2) is 0 Å². The third-order valence-corrected chi connectivity index (χ3v) is 3.90. The van der Waals surface area contributed by atoms with Gasteiger partial charge in [0.05, 0.1) is 11.0 Å². The van der Waals surface area contributed by atoms with Crippen molar-refractivity contribution in [1.82, 2.24) is 24.3 Å². The Morgan fingerprint density at radius 2 is 1.83 bits per heavy atom. The number of anilines is 1. The highest BCUT2D eigenvalue weighted by molar-refractivity contribution is 7.10. The largest absolute Gasteiger partial charge is 0.297 e. The van der Waals surface area contributed by atoms with E-state index in [0.717, 1.165) is 17.0 Å². The highest BCUT2D eigenvalue weighted by Gasteiger charge is 2.12. The lowest BCUT2D eigenvalue weighted by atomic mass is 10.2. The third kappa shape index (κ3) is 2.82. The molecule has 0 atom stereocenters. The molecule has 1 amide bonds. The average molecular weight is 334 g/mol. The molecule has 24 heavy (non-hydrogen) atoms. The molecule has 3 heterocycles. The van der Waals surface area contributed by atoms with Gasteiger partial charge in [-0.2, -0.15) is 9.36 Å². The Hall–Kier alpha value is -3.26. The van der Waals surface area contributed by atoms with E-state index < -0.39 is 0 Å². The maximum absolute atomic E-state index is 12.4. The van der Waals surface area contributed by atoms with Crippen LogP contribution in [-0.4, -0.2) is 30.2 Å². The van der Waals surface area contributed by atoms with Crippen LogP contribution in [0, 0.1) is 0 Å². The Kier molecular flexibility index (Phi) is 3.64. The van der Waals surface area contributed by atoms with Crippen LogP contribution in [0.2, 0.25) is 0 Å². The fraction of sp³-hybridized carbons (Fsp3) is 0. The average Bonchev–Trinajstić information content (AvgIpc) is 3.10. The van der Waals surface area contributed by atoms with Gasteiger partial charge in [0.2, 0.25) is 5.13 Å². The van der Waals surface area contributed by atoms with Crippen LogP contribution in [0.1, 0.15) is 10.4 Å². The second-order valence-electron chi connectivity index (χ2n) is 4.85. The molecule has 7 nitrogen and oxygen atoms in total. The molecule has 8 heteroatoms. The van der Waals surface area contributed by atoms with E-state index in [0.29, 0.717) is 27.7 Å². The molecule has 0 fully saturated rings. The zero-order valence-corrected chi connectivity index (χ0v) is 13.1. The number of carbonyl (C=O) groups excluding carboxylic acids is 1. The molecule has 4 rings (SSSR count). The van der Waals surface area contributed by atoms with Gasteiger partial charge in [-0.1, -0.05) is 6.07 Å². The molecule has 0 aliphatic heterocycles. The first-order chi connectivity index (χ1) is 11.8. The van der Waals surface area contributed by atoms with Gasteiger partial charge >= 0.3 is 0 Å². The normalized spacial score (nSPS) is 10.7. The summed E-state index contributed by atoms with van der Waals surface area (Å²) in [5, 5.41) is 3.16. The Labute approximate surface area is 140 Å². The van der Waals surface area contributed by atoms with Crippen LogP contribution in [0.3, 0.4) is 0 Å². The second kappa shape index (κ2) is 6.09. The van der Waals surface area contributed by atoms with Crippen molar-refractivity contribution in [3.63, 3.8) is 0 Å². The Bertz CT molecular complexity index is 1020. The fourth-order valence-corrected chi connectivity index (χ4v) is 2.72. The summed E-state index contributed by atoms with van der Waals surface area (Å²) in [4.78, 5) is 29.2. The van der Waals surface area contributed by atoms with E-state index in [2.05, 4.69) is 29.6 Å². The summed E-state index contributed by atoms with van der Waals surface area (Å²) in [6.45, 7) is 0. The molecule has 0 aliphatic carbocycles. The molecule has 116 valence electrons. The minimum absolute atomic E-state index is 0.272. The molecule has 1 N–H and O–H groups in total. The van der Waals surface area contributed by atoms with Crippen molar-refractivity contribution in [2.75, 3.05) is 5.32 Å². The molecule has 0 radical (unpaired) electrons. The smallest absolute Gasteiger partial charge is 0.257 e. The molecular formula is C16H10N6OS. The van der Waals surface area contributed by atoms with E-state index in [1.54, 1.807) is 36.8 Å². The molecule has 3 aromatic heterocycles.